The number of para-hydroxylation sites is 1. The smallest absolute Gasteiger partial charge is 0.294 e. The Bertz CT molecular complexity index is 2200. The van der Waals surface area contributed by atoms with Crippen molar-refractivity contribution in [1.29, 1.82) is 0 Å². The van der Waals surface area contributed by atoms with E-state index in [1.807, 2.05) is 42.1 Å². The van der Waals surface area contributed by atoms with Crippen molar-refractivity contribution in [3.05, 3.63) is 99.6 Å². The number of nitrogens with zero attached hydrogens (tertiary/aromatic N) is 5. The number of fused-ring (bicyclic) bond motifs is 2. The lowest BCUT2D eigenvalue weighted by atomic mass is 10.0. The number of piperidine rings is 1. The number of methoxy groups -OCH3 is 1. The fourth-order valence-electron chi connectivity index (χ4n) is 6.33. The third kappa shape index (κ3) is 5.75. The predicted molar refractivity (Wildman–Crippen MR) is 177 cm³/mol. The summed E-state index contributed by atoms with van der Waals surface area (Å²) < 4.78 is 22.8. The largest absolute Gasteiger partial charge is 0.494 e. The normalized spacial score (nSPS) is 15.7. The highest BCUT2D eigenvalue weighted by atomic mass is 19.1. The first-order valence-electron chi connectivity index (χ1n) is 15.3. The molecule has 3 N–H and O–H groups in total. The SMILES string of the molecule is COc1cc(NCc2cc3c(cc2F)C(=O)N(C2CCC(=O)NC2=O)C3)c([N+](=O)[O-])cc1Nc1nccc(-c2cn(C)c3ccccc23)n1. The molecule has 2 aliphatic heterocycles. The minimum absolute atomic E-state index is 0.0613. The van der Waals surface area contributed by atoms with Gasteiger partial charge in [0.1, 0.15) is 23.3 Å². The van der Waals surface area contributed by atoms with Gasteiger partial charge in [-0.15, -0.1) is 0 Å². The number of nitro groups is 1. The first-order valence-corrected chi connectivity index (χ1v) is 15.3. The van der Waals surface area contributed by atoms with Gasteiger partial charge >= 0.3 is 0 Å². The number of nitro benzene ring substituents is 1. The Morgan fingerprint density at radius 2 is 1.92 bits per heavy atom. The van der Waals surface area contributed by atoms with Gasteiger partial charge in [-0.25, -0.2) is 14.4 Å². The highest BCUT2D eigenvalue weighted by molar-refractivity contribution is 6.05. The van der Waals surface area contributed by atoms with Crippen LogP contribution in [-0.4, -0.2) is 55.2 Å². The first-order chi connectivity index (χ1) is 23.6. The molecule has 7 rings (SSSR count). The Morgan fingerprint density at radius 3 is 2.69 bits per heavy atom. The van der Waals surface area contributed by atoms with Gasteiger partial charge < -0.3 is 24.8 Å². The summed E-state index contributed by atoms with van der Waals surface area (Å²) in [6, 6.07) is 14.2. The summed E-state index contributed by atoms with van der Waals surface area (Å²) in [4.78, 5) is 58.9. The summed E-state index contributed by atoms with van der Waals surface area (Å²) in [7, 11) is 3.36. The van der Waals surface area contributed by atoms with Crippen molar-refractivity contribution in [2.75, 3.05) is 17.7 Å². The summed E-state index contributed by atoms with van der Waals surface area (Å²) >= 11 is 0. The van der Waals surface area contributed by atoms with E-state index >= 15 is 4.39 Å². The molecule has 0 spiro atoms. The van der Waals surface area contributed by atoms with Gasteiger partial charge in [0.2, 0.25) is 17.8 Å². The molecule has 0 aliphatic carbocycles. The Hall–Kier alpha value is -6.38. The number of benzene rings is 3. The molecule has 5 aromatic rings. The van der Waals surface area contributed by atoms with Gasteiger partial charge in [0.05, 0.1) is 23.4 Å². The molecule has 0 radical (unpaired) electrons. The zero-order valence-corrected chi connectivity index (χ0v) is 26.3. The van der Waals surface area contributed by atoms with Gasteiger partial charge in [-0.3, -0.25) is 29.8 Å². The summed E-state index contributed by atoms with van der Waals surface area (Å²) in [6.45, 7) is -0.0928. The Balaban J connectivity index is 1.12. The van der Waals surface area contributed by atoms with Crippen LogP contribution in [0, 0.1) is 15.9 Å². The van der Waals surface area contributed by atoms with Crippen molar-refractivity contribution < 1.29 is 28.4 Å². The molecule has 0 bridgehead atoms. The molecule has 2 aliphatic rings. The average Bonchev–Trinajstić information content (AvgIpc) is 3.59. The number of carbonyl (C=O) groups excluding carboxylic acids is 3. The maximum absolute atomic E-state index is 15.3. The van der Waals surface area contributed by atoms with Crippen LogP contribution in [0.15, 0.2) is 67.0 Å². The van der Waals surface area contributed by atoms with Crippen LogP contribution in [0.4, 0.5) is 27.4 Å². The number of hydrogen-bond donors (Lipinski definition) is 3. The van der Waals surface area contributed by atoms with E-state index in [1.165, 1.54) is 30.2 Å². The molecule has 3 amide bonds. The second-order valence-electron chi connectivity index (χ2n) is 11.7. The fourth-order valence-corrected chi connectivity index (χ4v) is 6.33. The summed E-state index contributed by atoms with van der Waals surface area (Å²) in [6.07, 6.45) is 3.84. The van der Waals surface area contributed by atoms with E-state index in [1.54, 1.807) is 12.3 Å². The number of imide groups is 1. The van der Waals surface area contributed by atoms with Gasteiger partial charge in [-0.2, -0.15) is 0 Å². The minimum atomic E-state index is -0.837. The maximum Gasteiger partial charge on any atom is 0.294 e. The van der Waals surface area contributed by atoms with Crippen LogP contribution in [0.2, 0.25) is 0 Å². The van der Waals surface area contributed by atoms with Gasteiger partial charge in [-0.05, 0) is 36.2 Å². The van der Waals surface area contributed by atoms with Gasteiger partial charge in [0.25, 0.3) is 11.6 Å². The highest BCUT2D eigenvalue weighted by Crippen LogP contribution is 2.38. The molecule has 15 heteroatoms. The van der Waals surface area contributed by atoms with Crippen LogP contribution >= 0.6 is 0 Å². The maximum atomic E-state index is 15.3. The van der Waals surface area contributed by atoms with Crippen molar-refractivity contribution in [3.63, 3.8) is 0 Å². The number of aromatic nitrogens is 3. The Kier molecular flexibility index (Phi) is 7.86. The predicted octanol–water partition coefficient (Wildman–Crippen LogP) is 4.81. The molecule has 1 unspecified atom stereocenters. The lowest BCUT2D eigenvalue weighted by molar-refractivity contribution is -0.383. The van der Waals surface area contributed by atoms with E-state index in [2.05, 4.69) is 25.9 Å². The molecular weight excluding hydrogens is 635 g/mol. The van der Waals surface area contributed by atoms with Crippen LogP contribution in [0.1, 0.15) is 34.3 Å². The van der Waals surface area contributed by atoms with Crippen molar-refractivity contribution in [2.45, 2.75) is 32.0 Å². The molecule has 1 atom stereocenters. The topological polar surface area (TPSA) is 174 Å². The number of amides is 3. The fraction of sp³-hybridized carbons (Fsp3) is 0.206. The number of aryl methyl sites for hydroxylation is 1. The van der Waals surface area contributed by atoms with Crippen LogP contribution < -0.4 is 20.7 Å². The summed E-state index contributed by atoms with van der Waals surface area (Å²) in [5, 5.41) is 21.4. The van der Waals surface area contributed by atoms with Gasteiger partial charge in [-0.1, -0.05) is 18.2 Å². The second kappa shape index (κ2) is 12.3. The number of anilines is 3. The van der Waals surface area contributed by atoms with Crippen molar-refractivity contribution in [2.24, 2.45) is 7.05 Å². The van der Waals surface area contributed by atoms with E-state index < -0.39 is 34.5 Å². The monoisotopic (exact) mass is 664 g/mol. The van der Waals surface area contributed by atoms with Crippen molar-refractivity contribution in [1.82, 2.24) is 24.8 Å². The summed E-state index contributed by atoms with van der Waals surface area (Å²) in [5.74, 6) is -1.73. The molecular formula is C34H29FN8O6. The molecule has 248 valence electrons. The second-order valence-corrected chi connectivity index (χ2v) is 11.7. The van der Waals surface area contributed by atoms with E-state index in [9.17, 15) is 24.5 Å². The van der Waals surface area contributed by atoms with E-state index in [0.717, 1.165) is 22.5 Å². The zero-order chi connectivity index (χ0) is 34.4. The molecule has 1 fully saturated rings. The van der Waals surface area contributed by atoms with Crippen molar-refractivity contribution in [3.8, 4) is 17.0 Å². The first kappa shape index (κ1) is 31.2. The molecule has 2 aromatic heterocycles. The lowest BCUT2D eigenvalue weighted by Gasteiger charge is -2.29. The van der Waals surface area contributed by atoms with Gasteiger partial charge in [0.15, 0.2) is 0 Å². The molecule has 4 heterocycles. The number of rotatable bonds is 9. The number of nitrogens with one attached hydrogen (secondary N) is 3. The standard InChI is InChI=1S/C34H29FN8O6/c1-41-17-22(20-5-3-4-6-27(20)41)24-9-10-36-34(38-24)39-26-13-29(43(47)48)25(14-30(26)49-2)37-15-18-11-19-16-42(33(46)21(19)12-23(18)35)28-7-8-31(44)40-32(28)45/h3-6,9-14,17,28,37H,7-8,15-16H2,1-2H3,(H,36,38,39)(H,40,44,45). The van der Waals surface area contributed by atoms with Crippen LogP contribution in [0.3, 0.4) is 0 Å². The van der Waals surface area contributed by atoms with Crippen molar-refractivity contribution >= 4 is 51.6 Å². The van der Waals surface area contributed by atoms with E-state index in [-0.39, 0.29) is 65.8 Å². The summed E-state index contributed by atoms with van der Waals surface area (Å²) in [5.41, 5.74) is 3.37. The van der Waals surface area contributed by atoms with E-state index in [4.69, 9.17) is 4.74 Å². The molecule has 1 saturated heterocycles. The molecule has 3 aromatic carbocycles. The molecule has 14 nitrogen and oxygen atoms in total. The average molecular weight is 665 g/mol. The number of ether oxygens (including phenoxy) is 1. The van der Waals surface area contributed by atoms with Gasteiger partial charge in [0, 0.05) is 78.7 Å². The number of carbonyl (C=O) groups is 3. The quantitative estimate of drug-likeness (QED) is 0.113. The van der Waals surface area contributed by atoms with E-state index in [0.29, 0.717) is 11.3 Å². The van der Waals surface area contributed by atoms with Crippen LogP contribution in [-0.2, 0) is 29.7 Å². The third-order valence-corrected chi connectivity index (χ3v) is 8.75. The number of halogens is 1. The molecule has 0 saturated carbocycles. The van der Waals surface area contributed by atoms with Crippen LogP contribution in [0.25, 0.3) is 22.2 Å². The number of hydrogen-bond acceptors (Lipinski definition) is 10. The lowest BCUT2D eigenvalue weighted by Crippen LogP contribution is -2.52. The highest BCUT2D eigenvalue weighted by Gasteiger charge is 2.39. The van der Waals surface area contributed by atoms with Crippen LogP contribution in [0.5, 0.6) is 5.75 Å². The molecule has 49 heavy (non-hydrogen) atoms. The minimum Gasteiger partial charge on any atom is -0.494 e. The Morgan fingerprint density at radius 1 is 1.10 bits per heavy atom. The zero-order valence-electron chi connectivity index (χ0n) is 26.3. The third-order valence-electron chi connectivity index (χ3n) is 8.75. The Labute approximate surface area is 278 Å².